The summed E-state index contributed by atoms with van der Waals surface area (Å²) in [5.74, 6) is 1.05. The van der Waals surface area contributed by atoms with E-state index < -0.39 is 0 Å². The SMILES string of the molecule is CCOc1ccc([C@H](COC)NC(=O)C2C[C@]23CCc2ccccc23)cc1. The van der Waals surface area contributed by atoms with Gasteiger partial charge in [-0.2, -0.15) is 0 Å². The zero-order valence-electron chi connectivity index (χ0n) is 16.0. The molecule has 3 atom stereocenters. The highest BCUT2D eigenvalue weighted by atomic mass is 16.5. The van der Waals surface area contributed by atoms with E-state index in [0.29, 0.717) is 13.2 Å². The van der Waals surface area contributed by atoms with Crippen molar-refractivity contribution in [1.29, 1.82) is 0 Å². The molecule has 1 spiro atoms. The number of ether oxygens (including phenoxy) is 2. The number of nitrogens with one attached hydrogen (secondary N) is 1. The third-order valence-corrected chi connectivity index (χ3v) is 6.03. The second-order valence-corrected chi connectivity index (χ2v) is 7.59. The van der Waals surface area contributed by atoms with E-state index in [0.717, 1.165) is 30.6 Å². The van der Waals surface area contributed by atoms with Crippen molar-refractivity contribution in [2.24, 2.45) is 5.92 Å². The van der Waals surface area contributed by atoms with Gasteiger partial charge in [-0.25, -0.2) is 0 Å². The van der Waals surface area contributed by atoms with Crippen molar-refractivity contribution in [2.45, 2.75) is 37.6 Å². The van der Waals surface area contributed by atoms with Gasteiger partial charge in [-0.1, -0.05) is 36.4 Å². The predicted molar refractivity (Wildman–Crippen MR) is 105 cm³/mol. The van der Waals surface area contributed by atoms with Crippen LogP contribution in [0.15, 0.2) is 48.5 Å². The number of hydrogen-bond acceptors (Lipinski definition) is 3. The van der Waals surface area contributed by atoms with Gasteiger partial charge in [-0.3, -0.25) is 4.79 Å². The zero-order valence-corrected chi connectivity index (χ0v) is 16.0. The van der Waals surface area contributed by atoms with Crippen molar-refractivity contribution < 1.29 is 14.3 Å². The molecule has 4 rings (SSSR count). The molecule has 0 bridgehead atoms. The number of rotatable bonds is 7. The first-order valence-corrected chi connectivity index (χ1v) is 9.78. The van der Waals surface area contributed by atoms with Gasteiger partial charge in [-0.05, 0) is 55.0 Å². The Hall–Kier alpha value is -2.33. The van der Waals surface area contributed by atoms with Crippen molar-refractivity contribution >= 4 is 5.91 Å². The Kier molecular flexibility index (Phi) is 4.92. The van der Waals surface area contributed by atoms with Crippen molar-refractivity contribution in [1.82, 2.24) is 5.32 Å². The molecule has 2 aliphatic carbocycles. The standard InChI is InChI=1S/C23H27NO3/c1-3-27-18-10-8-17(9-11-18)21(15-26-2)24-22(25)20-14-23(20)13-12-16-6-4-5-7-19(16)23/h4-11,20-21H,3,12-15H2,1-2H3,(H,24,25)/t20?,21-,23-/m0/s1. The Labute approximate surface area is 160 Å². The average Bonchev–Trinajstić information content (AvgIpc) is 3.31. The van der Waals surface area contributed by atoms with Crippen LogP contribution in [-0.2, 0) is 21.4 Å². The number of carbonyl (C=O) groups excluding carboxylic acids is 1. The normalized spacial score (nSPS) is 23.7. The fourth-order valence-electron chi connectivity index (χ4n) is 4.56. The molecule has 1 N–H and O–H groups in total. The summed E-state index contributed by atoms with van der Waals surface area (Å²) in [5.41, 5.74) is 3.90. The van der Waals surface area contributed by atoms with Crippen molar-refractivity contribution in [3.8, 4) is 5.75 Å². The molecule has 27 heavy (non-hydrogen) atoms. The molecule has 0 saturated heterocycles. The minimum Gasteiger partial charge on any atom is -0.494 e. The molecule has 4 nitrogen and oxygen atoms in total. The number of amides is 1. The molecule has 1 amide bonds. The highest BCUT2D eigenvalue weighted by Gasteiger charge is 2.61. The Morgan fingerprint density at radius 3 is 2.74 bits per heavy atom. The van der Waals surface area contributed by atoms with E-state index in [9.17, 15) is 4.79 Å². The third-order valence-electron chi connectivity index (χ3n) is 6.03. The summed E-state index contributed by atoms with van der Waals surface area (Å²) in [5, 5.41) is 3.22. The third kappa shape index (κ3) is 3.34. The van der Waals surface area contributed by atoms with Gasteiger partial charge in [0.2, 0.25) is 5.91 Å². The lowest BCUT2D eigenvalue weighted by molar-refractivity contribution is -0.123. The van der Waals surface area contributed by atoms with Crippen LogP contribution in [0.2, 0.25) is 0 Å². The lowest BCUT2D eigenvalue weighted by atomic mass is 9.95. The van der Waals surface area contributed by atoms with Crippen LogP contribution in [0.25, 0.3) is 0 Å². The topological polar surface area (TPSA) is 47.6 Å². The molecular weight excluding hydrogens is 338 g/mol. The van der Waals surface area contributed by atoms with Crippen LogP contribution in [0, 0.1) is 5.92 Å². The van der Waals surface area contributed by atoms with Crippen LogP contribution in [0.4, 0.5) is 0 Å². The Morgan fingerprint density at radius 1 is 1.22 bits per heavy atom. The fraction of sp³-hybridized carbons (Fsp3) is 0.435. The lowest BCUT2D eigenvalue weighted by Crippen LogP contribution is -2.34. The number of carbonyl (C=O) groups is 1. The van der Waals surface area contributed by atoms with E-state index in [1.807, 2.05) is 31.2 Å². The van der Waals surface area contributed by atoms with Gasteiger partial charge in [0.15, 0.2) is 0 Å². The van der Waals surface area contributed by atoms with E-state index in [-0.39, 0.29) is 23.3 Å². The Morgan fingerprint density at radius 2 is 2.00 bits per heavy atom. The molecule has 1 fully saturated rings. The number of methoxy groups -OCH3 is 1. The lowest BCUT2D eigenvalue weighted by Gasteiger charge is -2.20. The summed E-state index contributed by atoms with van der Waals surface area (Å²) < 4.78 is 10.9. The Balaban J connectivity index is 1.46. The van der Waals surface area contributed by atoms with Crippen LogP contribution in [-0.4, -0.2) is 26.2 Å². The van der Waals surface area contributed by atoms with Crippen molar-refractivity contribution in [3.05, 3.63) is 65.2 Å². The number of hydrogen-bond donors (Lipinski definition) is 1. The van der Waals surface area contributed by atoms with Crippen LogP contribution in [0.1, 0.15) is 42.5 Å². The summed E-state index contributed by atoms with van der Waals surface area (Å²) in [6.07, 6.45) is 3.13. The maximum absolute atomic E-state index is 13.0. The van der Waals surface area contributed by atoms with Gasteiger partial charge in [0.1, 0.15) is 5.75 Å². The smallest absolute Gasteiger partial charge is 0.224 e. The molecule has 2 aromatic rings. The average molecular weight is 365 g/mol. The number of aryl methyl sites for hydroxylation is 1. The van der Waals surface area contributed by atoms with E-state index >= 15 is 0 Å². The van der Waals surface area contributed by atoms with E-state index in [4.69, 9.17) is 9.47 Å². The molecule has 0 aromatic heterocycles. The van der Waals surface area contributed by atoms with Gasteiger partial charge < -0.3 is 14.8 Å². The summed E-state index contributed by atoms with van der Waals surface area (Å²) in [6, 6.07) is 16.3. The zero-order chi connectivity index (χ0) is 18.9. The molecule has 142 valence electrons. The molecule has 1 unspecified atom stereocenters. The first kappa shape index (κ1) is 18.1. The van der Waals surface area contributed by atoms with Gasteiger partial charge >= 0.3 is 0 Å². The largest absolute Gasteiger partial charge is 0.494 e. The first-order valence-electron chi connectivity index (χ1n) is 9.78. The fourth-order valence-corrected chi connectivity index (χ4v) is 4.56. The van der Waals surface area contributed by atoms with Gasteiger partial charge in [0.25, 0.3) is 0 Å². The van der Waals surface area contributed by atoms with E-state index in [2.05, 4.69) is 29.6 Å². The molecule has 2 aromatic carbocycles. The molecule has 0 aliphatic heterocycles. The maximum Gasteiger partial charge on any atom is 0.224 e. The first-order chi connectivity index (χ1) is 13.2. The number of fused-ring (bicyclic) bond motifs is 2. The maximum atomic E-state index is 13.0. The highest BCUT2D eigenvalue weighted by molar-refractivity contribution is 5.85. The molecular formula is C23H27NO3. The summed E-state index contributed by atoms with van der Waals surface area (Å²) in [7, 11) is 1.67. The van der Waals surface area contributed by atoms with Gasteiger partial charge in [0.05, 0.1) is 19.3 Å². The Bertz CT molecular complexity index is 817. The van der Waals surface area contributed by atoms with Crippen molar-refractivity contribution in [3.63, 3.8) is 0 Å². The van der Waals surface area contributed by atoms with Crippen LogP contribution >= 0.6 is 0 Å². The van der Waals surface area contributed by atoms with Crippen LogP contribution in [0.5, 0.6) is 5.75 Å². The highest BCUT2D eigenvalue weighted by Crippen LogP contribution is 2.61. The molecule has 4 heteroatoms. The summed E-state index contributed by atoms with van der Waals surface area (Å²) in [6.45, 7) is 3.06. The van der Waals surface area contributed by atoms with E-state index in [1.54, 1.807) is 7.11 Å². The summed E-state index contributed by atoms with van der Waals surface area (Å²) >= 11 is 0. The molecule has 1 saturated carbocycles. The quantitative estimate of drug-likeness (QED) is 0.812. The molecule has 0 heterocycles. The molecule has 2 aliphatic rings. The summed E-state index contributed by atoms with van der Waals surface area (Å²) in [4.78, 5) is 13.0. The minimum absolute atomic E-state index is 0.0666. The monoisotopic (exact) mass is 365 g/mol. The predicted octanol–water partition coefficient (Wildman–Crippen LogP) is 3.79. The van der Waals surface area contributed by atoms with Crippen LogP contribution in [0.3, 0.4) is 0 Å². The van der Waals surface area contributed by atoms with Gasteiger partial charge in [-0.15, -0.1) is 0 Å². The van der Waals surface area contributed by atoms with E-state index in [1.165, 1.54) is 11.1 Å². The molecule has 0 radical (unpaired) electrons. The van der Waals surface area contributed by atoms with Gasteiger partial charge in [0, 0.05) is 18.4 Å². The van der Waals surface area contributed by atoms with Crippen molar-refractivity contribution in [2.75, 3.05) is 20.3 Å². The minimum atomic E-state index is -0.146. The number of benzene rings is 2. The van der Waals surface area contributed by atoms with Crippen LogP contribution < -0.4 is 10.1 Å². The second kappa shape index (κ2) is 7.35. The second-order valence-electron chi connectivity index (χ2n) is 7.59.